The van der Waals surface area contributed by atoms with Gasteiger partial charge < -0.3 is 24.1 Å². The Labute approximate surface area is 166 Å². The molecule has 0 fully saturated rings. The summed E-state index contributed by atoms with van der Waals surface area (Å²) >= 11 is 0. The van der Waals surface area contributed by atoms with E-state index in [-0.39, 0.29) is 18.6 Å². The molecule has 7 nitrogen and oxygen atoms in total. The Kier molecular flexibility index (Phi) is 4.20. The van der Waals surface area contributed by atoms with Crippen LogP contribution in [-0.2, 0) is 6.42 Å². The zero-order valence-electron chi connectivity index (χ0n) is 15.5. The van der Waals surface area contributed by atoms with Crippen molar-refractivity contribution in [2.75, 3.05) is 23.6 Å². The number of hydrogen-bond acceptors (Lipinski definition) is 5. The first-order valence-corrected chi connectivity index (χ1v) is 9.38. The van der Waals surface area contributed by atoms with Gasteiger partial charge in [0.05, 0.1) is 6.26 Å². The third-order valence-corrected chi connectivity index (χ3v) is 5.07. The Hall–Kier alpha value is -3.74. The van der Waals surface area contributed by atoms with E-state index in [9.17, 15) is 9.59 Å². The summed E-state index contributed by atoms with van der Waals surface area (Å²) in [6, 6.07) is 14.0. The quantitative estimate of drug-likeness (QED) is 0.735. The Balaban J connectivity index is 1.40. The van der Waals surface area contributed by atoms with Gasteiger partial charge in [-0.05, 0) is 60.9 Å². The van der Waals surface area contributed by atoms with E-state index >= 15 is 0 Å². The summed E-state index contributed by atoms with van der Waals surface area (Å²) in [7, 11) is 0. The predicted octanol–water partition coefficient (Wildman–Crippen LogP) is 3.85. The lowest BCUT2D eigenvalue weighted by Gasteiger charge is -2.29. The summed E-state index contributed by atoms with van der Waals surface area (Å²) in [5.74, 6) is 1.03. The fraction of sp³-hybridized carbons (Fsp3) is 0.182. The zero-order chi connectivity index (χ0) is 19.8. The lowest BCUT2D eigenvalue weighted by Crippen LogP contribution is -2.35. The molecule has 0 spiro atoms. The van der Waals surface area contributed by atoms with Crippen molar-refractivity contribution >= 4 is 23.2 Å². The monoisotopic (exact) mass is 390 g/mol. The minimum Gasteiger partial charge on any atom is -0.459 e. The van der Waals surface area contributed by atoms with E-state index < -0.39 is 0 Å². The van der Waals surface area contributed by atoms with E-state index in [1.807, 2.05) is 18.2 Å². The third-order valence-electron chi connectivity index (χ3n) is 5.07. The molecular formula is C22H18N2O5. The van der Waals surface area contributed by atoms with E-state index in [0.29, 0.717) is 35.1 Å². The average molecular weight is 390 g/mol. The van der Waals surface area contributed by atoms with Crippen molar-refractivity contribution in [3.8, 4) is 11.5 Å². The number of furan rings is 1. The van der Waals surface area contributed by atoms with E-state index in [1.165, 1.54) is 6.26 Å². The van der Waals surface area contributed by atoms with Crippen molar-refractivity contribution in [1.29, 1.82) is 0 Å². The molecule has 3 heterocycles. The van der Waals surface area contributed by atoms with Gasteiger partial charge in [0.1, 0.15) is 0 Å². The molecule has 1 aromatic heterocycles. The second-order valence-corrected chi connectivity index (χ2v) is 6.90. The van der Waals surface area contributed by atoms with Gasteiger partial charge in [-0.2, -0.15) is 0 Å². The Morgan fingerprint density at radius 2 is 1.90 bits per heavy atom. The van der Waals surface area contributed by atoms with Crippen molar-refractivity contribution < 1.29 is 23.5 Å². The highest BCUT2D eigenvalue weighted by atomic mass is 16.7. The van der Waals surface area contributed by atoms with Crippen LogP contribution in [0.1, 0.15) is 32.9 Å². The van der Waals surface area contributed by atoms with Crippen LogP contribution < -0.4 is 19.7 Å². The summed E-state index contributed by atoms with van der Waals surface area (Å²) in [5.41, 5.74) is 2.94. The number of benzene rings is 2. The van der Waals surface area contributed by atoms with E-state index in [2.05, 4.69) is 5.32 Å². The molecular weight excluding hydrogens is 372 g/mol. The first-order chi connectivity index (χ1) is 14.2. The summed E-state index contributed by atoms with van der Waals surface area (Å²) < 4.78 is 15.9. The normalized spacial score (nSPS) is 14.4. The molecule has 0 radical (unpaired) electrons. The van der Waals surface area contributed by atoms with Crippen LogP contribution in [0.4, 0.5) is 11.4 Å². The number of aryl methyl sites for hydroxylation is 1. The first-order valence-electron chi connectivity index (χ1n) is 9.38. The maximum Gasteiger partial charge on any atom is 0.293 e. The van der Waals surface area contributed by atoms with Gasteiger partial charge in [0, 0.05) is 23.5 Å². The topological polar surface area (TPSA) is 81.0 Å². The number of nitrogens with one attached hydrogen (secondary N) is 1. The number of fused-ring (bicyclic) bond motifs is 2. The minimum absolute atomic E-state index is 0.157. The van der Waals surface area contributed by atoms with Crippen LogP contribution in [0.15, 0.2) is 59.2 Å². The minimum atomic E-state index is -0.261. The van der Waals surface area contributed by atoms with Crippen LogP contribution >= 0.6 is 0 Å². The second kappa shape index (κ2) is 7.01. The fourth-order valence-electron chi connectivity index (χ4n) is 3.64. The second-order valence-electron chi connectivity index (χ2n) is 6.90. The Morgan fingerprint density at radius 3 is 2.76 bits per heavy atom. The molecule has 0 saturated carbocycles. The van der Waals surface area contributed by atoms with Crippen LogP contribution in [0.25, 0.3) is 0 Å². The van der Waals surface area contributed by atoms with Crippen LogP contribution in [0.5, 0.6) is 11.5 Å². The van der Waals surface area contributed by atoms with Gasteiger partial charge in [-0.3, -0.25) is 9.59 Å². The highest BCUT2D eigenvalue weighted by Gasteiger charge is 2.26. The highest BCUT2D eigenvalue weighted by Crippen LogP contribution is 2.34. The first kappa shape index (κ1) is 17.4. The maximum absolute atomic E-state index is 12.8. The molecule has 2 aliphatic heterocycles. The number of rotatable bonds is 3. The molecule has 2 aliphatic rings. The lowest BCUT2D eigenvalue weighted by molar-refractivity contribution is 0.0958. The van der Waals surface area contributed by atoms with Crippen molar-refractivity contribution in [3.63, 3.8) is 0 Å². The Bertz CT molecular complexity index is 1090. The maximum atomic E-state index is 12.8. The van der Waals surface area contributed by atoms with Gasteiger partial charge in [-0.25, -0.2) is 0 Å². The van der Waals surface area contributed by atoms with E-state index in [0.717, 1.165) is 24.1 Å². The van der Waals surface area contributed by atoms with Gasteiger partial charge in [-0.1, -0.05) is 6.07 Å². The van der Waals surface area contributed by atoms with Gasteiger partial charge >= 0.3 is 0 Å². The fourth-order valence-corrected chi connectivity index (χ4v) is 3.64. The molecule has 0 aliphatic carbocycles. The molecule has 0 atom stereocenters. The molecule has 29 heavy (non-hydrogen) atoms. The lowest BCUT2D eigenvalue weighted by atomic mass is 10.0. The highest BCUT2D eigenvalue weighted by molar-refractivity contribution is 6.07. The van der Waals surface area contributed by atoms with Crippen LogP contribution in [-0.4, -0.2) is 25.2 Å². The van der Waals surface area contributed by atoms with E-state index in [4.69, 9.17) is 13.9 Å². The van der Waals surface area contributed by atoms with Crippen molar-refractivity contribution in [2.45, 2.75) is 12.8 Å². The van der Waals surface area contributed by atoms with Crippen LogP contribution in [0.2, 0.25) is 0 Å². The third kappa shape index (κ3) is 3.20. The average Bonchev–Trinajstić information content (AvgIpc) is 3.44. The predicted molar refractivity (Wildman–Crippen MR) is 106 cm³/mol. The Morgan fingerprint density at radius 1 is 1.00 bits per heavy atom. The van der Waals surface area contributed by atoms with Gasteiger partial charge in [-0.15, -0.1) is 0 Å². The molecule has 0 saturated heterocycles. The largest absolute Gasteiger partial charge is 0.459 e. The number of ether oxygens (including phenoxy) is 2. The molecule has 2 aromatic carbocycles. The molecule has 0 bridgehead atoms. The summed E-state index contributed by atoms with van der Waals surface area (Å²) in [6.07, 6.45) is 3.25. The zero-order valence-corrected chi connectivity index (χ0v) is 15.5. The van der Waals surface area contributed by atoms with Crippen molar-refractivity contribution in [2.24, 2.45) is 0 Å². The standard InChI is InChI=1S/C22H18N2O5/c25-21(15-6-8-18-20(11-15)29-13-28-18)23-16-7-5-14-3-1-9-24(17(14)12-16)22(26)19-4-2-10-27-19/h2,4-8,10-12H,1,3,9,13H2,(H,23,25). The number of carbonyl (C=O) groups excluding carboxylic acids is 2. The number of hydrogen-bond donors (Lipinski definition) is 1. The molecule has 1 N–H and O–H groups in total. The van der Waals surface area contributed by atoms with E-state index in [1.54, 1.807) is 35.2 Å². The molecule has 7 heteroatoms. The summed E-state index contributed by atoms with van der Waals surface area (Å²) in [4.78, 5) is 27.2. The van der Waals surface area contributed by atoms with Crippen molar-refractivity contribution in [1.82, 2.24) is 0 Å². The molecule has 146 valence electrons. The molecule has 5 rings (SSSR count). The molecule has 2 amide bonds. The van der Waals surface area contributed by atoms with Crippen LogP contribution in [0.3, 0.4) is 0 Å². The van der Waals surface area contributed by atoms with Crippen molar-refractivity contribution in [3.05, 3.63) is 71.7 Å². The van der Waals surface area contributed by atoms with Gasteiger partial charge in [0.2, 0.25) is 6.79 Å². The van der Waals surface area contributed by atoms with Gasteiger partial charge in [0.25, 0.3) is 11.8 Å². The molecule has 0 unspecified atom stereocenters. The SMILES string of the molecule is O=C(Nc1ccc2c(c1)N(C(=O)c1ccco1)CCC2)c1ccc2c(c1)OCO2. The number of nitrogens with zero attached hydrogens (tertiary/aromatic N) is 1. The number of amides is 2. The number of carbonyl (C=O) groups is 2. The number of anilines is 2. The molecule has 3 aromatic rings. The summed E-state index contributed by atoms with van der Waals surface area (Å²) in [6.45, 7) is 0.761. The summed E-state index contributed by atoms with van der Waals surface area (Å²) in [5, 5.41) is 2.90. The van der Waals surface area contributed by atoms with Gasteiger partial charge in [0.15, 0.2) is 17.3 Å². The smallest absolute Gasteiger partial charge is 0.293 e. The van der Waals surface area contributed by atoms with Crippen LogP contribution in [0, 0.1) is 0 Å².